The minimum atomic E-state index is -0.00988. The second-order valence-corrected chi connectivity index (χ2v) is 8.27. The molecule has 0 aromatic heterocycles. The number of methoxy groups -OCH3 is 1. The number of ether oxygens (including phenoxy) is 3. The molecule has 31 heavy (non-hydrogen) atoms. The van der Waals surface area contributed by atoms with Gasteiger partial charge in [-0.1, -0.05) is 0 Å². The number of nitrogens with one attached hydrogen (secondary N) is 2. The molecule has 0 amide bonds. The van der Waals surface area contributed by atoms with Gasteiger partial charge in [-0.15, -0.1) is 24.0 Å². The lowest BCUT2D eigenvalue weighted by atomic mass is 10.0. The Bertz CT molecular complexity index is 645. The first-order chi connectivity index (χ1) is 14.7. The van der Waals surface area contributed by atoms with Crippen LogP contribution in [0.25, 0.3) is 0 Å². The molecule has 2 N–H and O–H groups in total. The quantitative estimate of drug-likeness (QED) is 0.282. The van der Waals surface area contributed by atoms with Gasteiger partial charge in [-0.3, -0.25) is 0 Å². The van der Waals surface area contributed by atoms with Crippen LogP contribution in [0.4, 0.5) is 0 Å². The normalized spacial score (nSPS) is 21.3. The maximum absolute atomic E-state index is 5.97. The van der Waals surface area contributed by atoms with Gasteiger partial charge >= 0.3 is 0 Å². The molecule has 176 valence electrons. The summed E-state index contributed by atoms with van der Waals surface area (Å²) in [4.78, 5) is 7.34. The topological polar surface area (TPSA) is 67.4 Å². The number of halogens is 1. The minimum absolute atomic E-state index is 0. The van der Waals surface area contributed by atoms with Crippen LogP contribution in [0.3, 0.4) is 0 Å². The van der Waals surface area contributed by atoms with E-state index in [1.165, 1.54) is 13.0 Å². The zero-order valence-corrected chi connectivity index (χ0v) is 21.5. The van der Waals surface area contributed by atoms with E-state index in [0.29, 0.717) is 12.6 Å². The van der Waals surface area contributed by atoms with Gasteiger partial charge in [-0.05, 0) is 63.3 Å². The molecule has 2 aliphatic heterocycles. The van der Waals surface area contributed by atoms with E-state index < -0.39 is 0 Å². The summed E-state index contributed by atoms with van der Waals surface area (Å²) in [6, 6.07) is 8.13. The predicted octanol–water partition coefficient (Wildman–Crippen LogP) is 3.14. The number of nitrogens with zero attached hydrogens (tertiary/aromatic N) is 2. The zero-order valence-electron chi connectivity index (χ0n) is 19.1. The van der Waals surface area contributed by atoms with Crippen molar-refractivity contribution < 1.29 is 14.2 Å². The number of guanidine groups is 1. The number of benzene rings is 1. The Morgan fingerprint density at radius 1 is 1.19 bits per heavy atom. The Hall–Kier alpha value is -1.26. The maximum atomic E-state index is 5.97. The molecule has 3 rings (SSSR count). The average Bonchev–Trinajstić information content (AvgIpc) is 3.27. The molecule has 1 aromatic carbocycles. The van der Waals surface area contributed by atoms with Gasteiger partial charge in [0.25, 0.3) is 0 Å². The van der Waals surface area contributed by atoms with E-state index in [0.717, 1.165) is 69.1 Å². The van der Waals surface area contributed by atoms with Gasteiger partial charge < -0.3 is 29.7 Å². The highest BCUT2D eigenvalue weighted by Gasteiger charge is 2.24. The first-order valence-electron chi connectivity index (χ1n) is 11.3. The monoisotopic (exact) mass is 546 g/mol. The van der Waals surface area contributed by atoms with Gasteiger partial charge in [0.05, 0.1) is 20.3 Å². The van der Waals surface area contributed by atoms with Crippen molar-refractivity contribution in [3.05, 3.63) is 24.3 Å². The van der Waals surface area contributed by atoms with E-state index in [4.69, 9.17) is 19.2 Å². The third-order valence-corrected chi connectivity index (χ3v) is 5.72. The van der Waals surface area contributed by atoms with Crippen molar-refractivity contribution in [1.82, 2.24) is 15.5 Å². The van der Waals surface area contributed by atoms with E-state index in [-0.39, 0.29) is 30.1 Å². The smallest absolute Gasteiger partial charge is 0.191 e. The maximum Gasteiger partial charge on any atom is 0.191 e. The molecule has 8 heteroatoms. The van der Waals surface area contributed by atoms with Crippen LogP contribution in [-0.4, -0.2) is 76.1 Å². The molecule has 2 heterocycles. The van der Waals surface area contributed by atoms with Crippen molar-refractivity contribution in [1.29, 1.82) is 0 Å². The minimum Gasteiger partial charge on any atom is -0.497 e. The second-order valence-electron chi connectivity index (χ2n) is 8.27. The predicted molar refractivity (Wildman–Crippen MR) is 136 cm³/mol. The highest BCUT2D eigenvalue weighted by Crippen LogP contribution is 2.19. The summed E-state index contributed by atoms with van der Waals surface area (Å²) in [5.41, 5.74) is 0. The molecular weight excluding hydrogens is 507 g/mol. The van der Waals surface area contributed by atoms with Crippen molar-refractivity contribution in [2.75, 3.05) is 53.0 Å². The Kier molecular flexibility index (Phi) is 11.7. The molecule has 2 atom stereocenters. The SMILES string of the molecule is CCNC(=NCC(C)Oc1ccc(OC)cc1)NC1CCN(CC2CCOC2)CC1.I. The summed E-state index contributed by atoms with van der Waals surface area (Å²) >= 11 is 0. The fraction of sp³-hybridized carbons (Fsp3) is 0.696. The van der Waals surface area contributed by atoms with Gasteiger partial charge in [0.2, 0.25) is 0 Å². The van der Waals surface area contributed by atoms with E-state index >= 15 is 0 Å². The Morgan fingerprint density at radius 2 is 1.90 bits per heavy atom. The second kappa shape index (κ2) is 14.0. The fourth-order valence-electron chi connectivity index (χ4n) is 4.01. The summed E-state index contributed by atoms with van der Waals surface area (Å²) in [6.07, 6.45) is 3.50. The van der Waals surface area contributed by atoms with Crippen LogP contribution in [0.5, 0.6) is 11.5 Å². The molecule has 0 radical (unpaired) electrons. The summed E-state index contributed by atoms with van der Waals surface area (Å²) in [7, 11) is 1.66. The van der Waals surface area contributed by atoms with Gasteiger partial charge in [0.1, 0.15) is 17.6 Å². The van der Waals surface area contributed by atoms with Gasteiger partial charge in [-0.25, -0.2) is 4.99 Å². The summed E-state index contributed by atoms with van der Waals surface area (Å²) in [5.74, 6) is 3.26. The fourth-order valence-corrected chi connectivity index (χ4v) is 4.01. The highest BCUT2D eigenvalue weighted by molar-refractivity contribution is 14.0. The van der Waals surface area contributed by atoms with Crippen LogP contribution in [0.2, 0.25) is 0 Å². The molecule has 7 nitrogen and oxygen atoms in total. The van der Waals surface area contributed by atoms with Crippen LogP contribution in [0.15, 0.2) is 29.3 Å². The van der Waals surface area contributed by atoms with Gasteiger partial charge in [-0.2, -0.15) is 0 Å². The lowest BCUT2D eigenvalue weighted by Gasteiger charge is -2.34. The van der Waals surface area contributed by atoms with Crippen LogP contribution in [0, 0.1) is 5.92 Å². The molecule has 2 aliphatic rings. The molecule has 2 fully saturated rings. The van der Waals surface area contributed by atoms with Crippen LogP contribution in [-0.2, 0) is 4.74 Å². The Morgan fingerprint density at radius 3 is 2.52 bits per heavy atom. The van der Waals surface area contributed by atoms with Crippen molar-refractivity contribution in [3.63, 3.8) is 0 Å². The molecule has 2 saturated heterocycles. The molecular formula is C23H39IN4O3. The van der Waals surface area contributed by atoms with Crippen molar-refractivity contribution in [2.45, 2.75) is 45.3 Å². The first kappa shape index (κ1) is 26.0. The molecule has 0 aliphatic carbocycles. The number of piperidine rings is 1. The van der Waals surface area contributed by atoms with Crippen LogP contribution >= 0.6 is 24.0 Å². The number of aliphatic imine (C=N–C) groups is 1. The number of likely N-dealkylation sites (tertiary alicyclic amines) is 1. The lowest BCUT2D eigenvalue weighted by Crippen LogP contribution is -2.49. The third-order valence-electron chi connectivity index (χ3n) is 5.72. The number of hydrogen-bond acceptors (Lipinski definition) is 5. The molecule has 2 unspecified atom stereocenters. The van der Waals surface area contributed by atoms with E-state index in [1.807, 2.05) is 31.2 Å². The Balaban J connectivity index is 0.00000341. The number of hydrogen-bond donors (Lipinski definition) is 2. The van der Waals surface area contributed by atoms with E-state index in [9.17, 15) is 0 Å². The van der Waals surface area contributed by atoms with Crippen LogP contribution < -0.4 is 20.1 Å². The standard InChI is InChI=1S/C23H38N4O3.HI/c1-4-24-23(25-15-18(2)30-22-7-5-21(28-3)6-8-22)26-20-9-12-27(13-10-20)16-19-11-14-29-17-19;/h5-8,18-20H,4,9-17H2,1-3H3,(H2,24,25,26);1H. The molecule has 0 bridgehead atoms. The van der Waals surface area contributed by atoms with Crippen molar-refractivity contribution in [2.24, 2.45) is 10.9 Å². The summed E-state index contributed by atoms with van der Waals surface area (Å²) < 4.78 is 16.7. The van der Waals surface area contributed by atoms with Gasteiger partial charge in [0.15, 0.2) is 5.96 Å². The Labute approximate surface area is 204 Å². The first-order valence-corrected chi connectivity index (χ1v) is 11.3. The molecule has 0 saturated carbocycles. The van der Waals surface area contributed by atoms with Crippen LogP contribution in [0.1, 0.15) is 33.1 Å². The third kappa shape index (κ3) is 9.02. The average molecular weight is 546 g/mol. The number of rotatable bonds is 9. The largest absolute Gasteiger partial charge is 0.497 e. The zero-order chi connectivity index (χ0) is 21.2. The van der Waals surface area contributed by atoms with E-state index in [1.54, 1.807) is 7.11 Å². The molecule has 1 aromatic rings. The summed E-state index contributed by atoms with van der Waals surface area (Å²) in [5, 5.41) is 6.99. The van der Waals surface area contributed by atoms with Crippen molar-refractivity contribution in [3.8, 4) is 11.5 Å². The summed E-state index contributed by atoms with van der Waals surface area (Å²) in [6.45, 7) is 10.9. The van der Waals surface area contributed by atoms with E-state index in [2.05, 4.69) is 22.5 Å². The van der Waals surface area contributed by atoms with Gasteiger partial charge in [0, 0.05) is 38.8 Å². The van der Waals surface area contributed by atoms with Crippen molar-refractivity contribution >= 4 is 29.9 Å². The highest BCUT2D eigenvalue weighted by atomic mass is 127. The lowest BCUT2D eigenvalue weighted by molar-refractivity contribution is 0.150. The molecule has 0 spiro atoms.